The van der Waals surface area contributed by atoms with Crippen molar-refractivity contribution in [3.05, 3.63) is 0 Å². The van der Waals surface area contributed by atoms with E-state index < -0.39 is 24.8 Å². The van der Waals surface area contributed by atoms with Crippen molar-refractivity contribution >= 4 is 5.97 Å². The number of hydrogen-bond acceptors (Lipinski definition) is 6. The highest BCUT2D eigenvalue weighted by Crippen LogP contribution is 1.99. The zero-order valence-electron chi connectivity index (χ0n) is 5.93. The summed E-state index contributed by atoms with van der Waals surface area (Å²) in [7, 11) is 1.07. The van der Waals surface area contributed by atoms with Crippen molar-refractivity contribution in [2.24, 2.45) is 0 Å². The van der Waals surface area contributed by atoms with Crippen LogP contribution in [0, 0.1) is 0 Å². The highest BCUT2D eigenvalue weighted by atomic mass is 17.1. The van der Waals surface area contributed by atoms with Crippen LogP contribution in [0.5, 0.6) is 0 Å². The highest BCUT2D eigenvalue weighted by molar-refractivity contribution is 5.75. The molecule has 0 aromatic rings. The molecule has 6 heteroatoms. The van der Waals surface area contributed by atoms with Gasteiger partial charge in [-0.15, -0.1) is 0 Å². The lowest BCUT2D eigenvalue weighted by Gasteiger charge is -2.14. The summed E-state index contributed by atoms with van der Waals surface area (Å²) in [6, 6.07) is 0. The van der Waals surface area contributed by atoms with Crippen LogP contribution in [0.1, 0.15) is 0 Å². The topological polar surface area (TPSA) is 96.2 Å². The summed E-state index contributed by atoms with van der Waals surface area (Å²) < 4.78 is 4.13. The zero-order valence-corrected chi connectivity index (χ0v) is 5.93. The summed E-state index contributed by atoms with van der Waals surface area (Å²) in [5.74, 6) is -0.950. The van der Waals surface area contributed by atoms with E-state index in [1.807, 2.05) is 0 Å². The minimum Gasteiger partial charge on any atom is -0.467 e. The van der Waals surface area contributed by atoms with E-state index in [1.54, 1.807) is 0 Å². The minimum absolute atomic E-state index is 0.694. The maximum absolute atomic E-state index is 10.6. The first-order valence-corrected chi connectivity index (χ1v) is 2.84. The summed E-state index contributed by atoms with van der Waals surface area (Å²) in [6.07, 6.45) is -3.03. The van der Waals surface area contributed by atoms with Gasteiger partial charge in [0.25, 0.3) is 0 Å². The van der Waals surface area contributed by atoms with Gasteiger partial charge in [0.05, 0.1) is 13.7 Å². The Labute approximate surface area is 62.9 Å². The van der Waals surface area contributed by atoms with Gasteiger partial charge in [-0.05, 0) is 0 Å². The molecule has 0 bridgehead atoms. The molecule has 0 fully saturated rings. The molecule has 0 aliphatic carbocycles. The number of esters is 1. The highest BCUT2D eigenvalue weighted by Gasteiger charge is 2.28. The minimum atomic E-state index is -1.55. The van der Waals surface area contributed by atoms with Gasteiger partial charge in [-0.25, -0.2) is 9.68 Å². The molecule has 0 aliphatic heterocycles. The first-order valence-electron chi connectivity index (χ1n) is 2.84. The van der Waals surface area contributed by atoms with E-state index in [1.165, 1.54) is 0 Å². The van der Waals surface area contributed by atoms with Crippen molar-refractivity contribution in [1.82, 2.24) is 0 Å². The van der Waals surface area contributed by atoms with E-state index in [0.717, 1.165) is 7.11 Å². The molecule has 66 valence electrons. The average Bonchev–Trinajstić information content (AvgIpc) is 2.05. The third kappa shape index (κ3) is 2.81. The van der Waals surface area contributed by atoms with E-state index in [0.29, 0.717) is 0 Å². The monoisotopic (exact) mass is 166 g/mol. The van der Waals surface area contributed by atoms with E-state index in [4.69, 9.17) is 15.5 Å². The first-order chi connectivity index (χ1) is 5.17. The fourth-order valence-corrected chi connectivity index (χ4v) is 0.482. The van der Waals surface area contributed by atoms with Gasteiger partial charge < -0.3 is 14.9 Å². The quantitative estimate of drug-likeness (QED) is 0.263. The van der Waals surface area contributed by atoms with Gasteiger partial charge in [0.15, 0.2) is 0 Å². The Morgan fingerprint density at radius 1 is 1.64 bits per heavy atom. The number of aliphatic hydroxyl groups excluding tert-OH is 2. The molecule has 0 saturated heterocycles. The molecule has 0 rings (SSSR count). The van der Waals surface area contributed by atoms with Crippen molar-refractivity contribution in [2.75, 3.05) is 13.7 Å². The van der Waals surface area contributed by atoms with E-state index in [-0.39, 0.29) is 0 Å². The molecule has 6 nitrogen and oxygen atoms in total. The van der Waals surface area contributed by atoms with Gasteiger partial charge in [0.1, 0.15) is 6.10 Å². The molecule has 0 saturated carbocycles. The van der Waals surface area contributed by atoms with Crippen molar-refractivity contribution in [3.8, 4) is 0 Å². The SMILES string of the molecule is COC(=O)C(OO)C(O)CO. The fourth-order valence-electron chi connectivity index (χ4n) is 0.482. The number of rotatable bonds is 4. The van der Waals surface area contributed by atoms with Crippen LogP contribution in [0.4, 0.5) is 0 Å². The summed E-state index contributed by atoms with van der Waals surface area (Å²) >= 11 is 0. The molecule has 2 atom stereocenters. The number of aliphatic hydroxyl groups is 2. The van der Waals surface area contributed by atoms with Crippen LogP contribution in [0.25, 0.3) is 0 Å². The van der Waals surface area contributed by atoms with Gasteiger partial charge in [-0.2, -0.15) is 0 Å². The zero-order chi connectivity index (χ0) is 8.85. The predicted octanol–water partition coefficient (Wildman–Crippen LogP) is -1.63. The summed E-state index contributed by atoms with van der Waals surface area (Å²) in [4.78, 5) is 14.1. The second-order valence-electron chi connectivity index (χ2n) is 1.80. The number of carbonyl (C=O) groups is 1. The molecule has 0 aromatic heterocycles. The summed E-state index contributed by atoms with van der Waals surface area (Å²) in [5.41, 5.74) is 0. The number of methoxy groups -OCH3 is 1. The lowest BCUT2D eigenvalue weighted by molar-refractivity contribution is -0.295. The van der Waals surface area contributed by atoms with Crippen LogP contribution in [-0.2, 0) is 14.4 Å². The number of ether oxygens (including phenoxy) is 1. The standard InChI is InChI=1S/C5H10O6/c1-10-5(8)4(11-9)3(7)2-6/h3-4,6-7,9H,2H2,1H3. The van der Waals surface area contributed by atoms with Crippen molar-refractivity contribution in [2.45, 2.75) is 12.2 Å². The molecule has 3 N–H and O–H groups in total. The average molecular weight is 166 g/mol. The summed E-state index contributed by atoms with van der Waals surface area (Å²) in [5, 5.41) is 25.2. The second-order valence-corrected chi connectivity index (χ2v) is 1.80. The molecular formula is C5H10O6. The normalized spacial score (nSPS) is 15.6. The predicted molar refractivity (Wildman–Crippen MR) is 32.6 cm³/mol. The third-order valence-corrected chi connectivity index (χ3v) is 1.08. The summed E-state index contributed by atoms with van der Waals surface area (Å²) in [6.45, 7) is -0.694. The third-order valence-electron chi connectivity index (χ3n) is 1.08. The lowest BCUT2D eigenvalue weighted by Crippen LogP contribution is -2.38. The molecule has 11 heavy (non-hydrogen) atoms. The van der Waals surface area contributed by atoms with Crippen LogP contribution in [0.3, 0.4) is 0 Å². The van der Waals surface area contributed by atoms with Gasteiger partial charge in [0.2, 0.25) is 6.10 Å². The van der Waals surface area contributed by atoms with Gasteiger partial charge in [0, 0.05) is 0 Å². The van der Waals surface area contributed by atoms with Crippen LogP contribution >= 0.6 is 0 Å². The Bertz CT molecular complexity index is 124. The maximum atomic E-state index is 10.6. The maximum Gasteiger partial charge on any atom is 0.341 e. The smallest absolute Gasteiger partial charge is 0.341 e. The first kappa shape index (κ1) is 10.3. The number of hydrogen-bond donors (Lipinski definition) is 3. The van der Waals surface area contributed by atoms with Crippen LogP contribution in [0.15, 0.2) is 0 Å². The molecule has 0 aliphatic rings. The largest absolute Gasteiger partial charge is 0.467 e. The Morgan fingerprint density at radius 3 is 2.45 bits per heavy atom. The Hall–Kier alpha value is -0.690. The molecule has 2 unspecified atom stereocenters. The van der Waals surface area contributed by atoms with Crippen molar-refractivity contribution in [1.29, 1.82) is 0 Å². The molecule has 0 aromatic carbocycles. The molecule has 0 spiro atoms. The van der Waals surface area contributed by atoms with E-state index >= 15 is 0 Å². The van der Waals surface area contributed by atoms with E-state index in [9.17, 15) is 4.79 Å². The molecular weight excluding hydrogens is 156 g/mol. The van der Waals surface area contributed by atoms with Crippen LogP contribution in [-0.4, -0.2) is 47.4 Å². The van der Waals surface area contributed by atoms with E-state index in [2.05, 4.69) is 9.62 Å². The van der Waals surface area contributed by atoms with Gasteiger partial charge in [-0.1, -0.05) is 0 Å². The fraction of sp³-hybridized carbons (Fsp3) is 0.800. The lowest BCUT2D eigenvalue weighted by atomic mass is 10.2. The van der Waals surface area contributed by atoms with Crippen LogP contribution in [0.2, 0.25) is 0 Å². The molecule has 0 heterocycles. The van der Waals surface area contributed by atoms with Crippen molar-refractivity contribution < 1.29 is 29.9 Å². The Balaban J connectivity index is 4.03. The number of carbonyl (C=O) groups excluding carboxylic acids is 1. The Morgan fingerprint density at radius 2 is 2.18 bits per heavy atom. The van der Waals surface area contributed by atoms with Crippen LogP contribution < -0.4 is 0 Å². The Kier molecular flexibility index (Phi) is 4.71. The molecule has 0 amide bonds. The van der Waals surface area contributed by atoms with Crippen molar-refractivity contribution in [3.63, 3.8) is 0 Å². The second kappa shape index (κ2) is 5.03. The molecule has 0 radical (unpaired) electrons. The van der Waals surface area contributed by atoms with Gasteiger partial charge in [-0.3, -0.25) is 5.26 Å². The van der Waals surface area contributed by atoms with Gasteiger partial charge >= 0.3 is 5.97 Å².